The predicted octanol–water partition coefficient (Wildman–Crippen LogP) is 3.39. The monoisotopic (exact) mass is 363 g/mol. The van der Waals surface area contributed by atoms with Gasteiger partial charge in [-0.3, -0.25) is 0 Å². The van der Waals surface area contributed by atoms with E-state index in [1.807, 2.05) is 49.3 Å². The zero-order valence-electron chi connectivity index (χ0n) is 14.8. The molecule has 0 aliphatic heterocycles. The van der Waals surface area contributed by atoms with E-state index in [0.29, 0.717) is 13.1 Å². The van der Waals surface area contributed by atoms with Gasteiger partial charge in [0.25, 0.3) is 0 Å². The summed E-state index contributed by atoms with van der Waals surface area (Å²) in [4.78, 5) is 14.1. The third-order valence-corrected chi connectivity index (χ3v) is 3.87. The van der Waals surface area contributed by atoms with E-state index in [0.717, 1.165) is 11.1 Å². The van der Waals surface area contributed by atoms with E-state index in [9.17, 15) is 13.6 Å². The highest BCUT2D eigenvalue weighted by atomic mass is 19.3. The molecule has 0 bridgehead atoms. The van der Waals surface area contributed by atoms with Crippen LogP contribution in [0.3, 0.4) is 0 Å². The molecule has 7 heteroatoms. The van der Waals surface area contributed by atoms with Crippen LogP contribution in [0.25, 0.3) is 0 Å². The zero-order valence-corrected chi connectivity index (χ0v) is 14.8. The summed E-state index contributed by atoms with van der Waals surface area (Å²) < 4.78 is 28.5. The number of likely N-dealkylation sites (N-methyl/N-ethyl adjacent to an activating group) is 1. The van der Waals surface area contributed by atoms with Crippen molar-refractivity contribution in [3.8, 4) is 5.75 Å². The molecule has 2 N–H and O–H groups in total. The second kappa shape index (κ2) is 9.72. The van der Waals surface area contributed by atoms with Gasteiger partial charge in [0.15, 0.2) is 0 Å². The zero-order chi connectivity index (χ0) is 18.9. The lowest BCUT2D eigenvalue weighted by atomic mass is 10.1. The number of nitrogens with one attached hydrogen (secondary N) is 2. The Bertz CT molecular complexity index is 679. The Hall–Kier alpha value is -2.67. The van der Waals surface area contributed by atoms with Crippen molar-refractivity contribution in [1.29, 1.82) is 0 Å². The second-order valence-corrected chi connectivity index (χ2v) is 5.98. The molecule has 2 aromatic carbocycles. The molecule has 0 aliphatic rings. The van der Waals surface area contributed by atoms with E-state index in [-0.39, 0.29) is 17.8 Å². The number of halogens is 2. The molecule has 0 aliphatic carbocycles. The number of alkyl halides is 2. The highest BCUT2D eigenvalue weighted by Crippen LogP contribution is 2.17. The first kappa shape index (κ1) is 19.7. The number of rotatable bonds is 8. The first-order valence-corrected chi connectivity index (χ1v) is 8.22. The molecule has 1 unspecified atom stereocenters. The van der Waals surface area contributed by atoms with E-state index >= 15 is 0 Å². The van der Waals surface area contributed by atoms with E-state index in [4.69, 9.17) is 0 Å². The average Bonchev–Trinajstić information content (AvgIpc) is 2.61. The van der Waals surface area contributed by atoms with Gasteiger partial charge in [0.05, 0.1) is 6.04 Å². The molecular formula is C19H23F2N3O2. The van der Waals surface area contributed by atoms with Crippen LogP contribution in [0.15, 0.2) is 54.6 Å². The van der Waals surface area contributed by atoms with Gasteiger partial charge in [0, 0.05) is 13.1 Å². The molecule has 2 aromatic rings. The molecule has 2 amide bonds. The van der Waals surface area contributed by atoms with Crippen molar-refractivity contribution in [3.05, 3.63) is 65.7 Å². The van der Waals surface area contributed by atoms with Crippen LogP contribution in [0.2, 0.25) is 0 Å². The topological polar surface area (TPSA) is 53.6 Å². The van der Waals surface area contributed by atoms with E-state index in [1.165, 1.54) is 12.1 Å². The number of amides is 2. The minimum atomic E-state index is -2.85. The standard InChI is InChI=1S/C19H23F2N3O2/c1-24(2)17(15-6-4-3-5-7-15)13-23-19(25)22-12-14-8-10-16(11-9-14)26-18(20)21/h3-11,17-18H,12-13H2,1-2H3,(H2,22,23,25). The van der Waals surface area contributed by atoms with Gasteiger partial charge in [-0.1, -0.05) is 42.5 Å². The van der Waals surface area contributed by atoms with E-state index in [1.54, 1.807) is 12.1 Å². The van der Waals surface area contributed by atoms with Crippen molar-refractivity contribution < 1.29 is 18.3 Å². The fourth-order valence-corrected chi connectivity index (χ4v) is 2.50. The number of benzene rings is 2. The van der Waals surface area contributed by atoms with Crippen molar-refractivity contribution in [2.75, 3.05) is 20.6 Å². The Kier molecular flexibility index (Phi) is 7.35. The number of hydrogen-bond donors (Lipinski definition) is 2. The Morgan fingerprint density at radius 2 is 1.69 bits per heavy atom. The summed E-state index contributed by atoms with van der Waals surface area (Å²) in [5.41, 5.74) is 1.90. The lowest BCUT2D eigenvalue weighted by molar-refractivity contribution is -0.0498. The molecular weight excluding hydrogens is 340 g/mol. The van der Waals surface area contributed by atoms with Crippen LogP contribution in [-0.2, 0) is 6.54 Å². The molecule has 5 nitrogen and oxygen atoms in total. The van der Waals surface area contributed by atoms with E-state index < -0.39 is 6.61 Å². The Labute approximate surface area is 152 Å². The highest BCUT2D eigenvalue weighted by Gasteiger charge is 2.14. The van der Waals surface area contributed by atoms with Crippen molar-refractivity contribution in [1.82, 2.24) is 15.5 Å². The van der Waals surface area contributed by atoms with Gasteiger partial charge in [0.1, 0.15) is 5.75 Å². The van der Waals surface area contributed by atoms with Crippen LogP contribution in [-0.4, -0.2) is 38.2 Å². The van der Waals surface area contributed by atoms with Crippen LogP contribution in [0, 0.1) is 0 Å². The van der Waals surface area contributed by atoms with E-state index in [2.05, 4.69) is 15.4 Å². The molecule has 26 heavy (non-hydrogen) atoms. The lowest BCUT2D eigenvalue weighted by Gasteiger charge is -2.25. The molecule has 0 spiro atoms. The van der Waals surface area contributed by atoms with Crippen LogP contribution >= 0.6 is 0 Å². The Balaban J connectivity index is 1.81. The maximum Gasteiger partial charge on any atom is 0.387 e. The Morgan fingerprint density at radius 3 is 2.27 bits per heavy atom. The summed E-state index contributed by atoms with van der Waals surface area (Å²) in [7, 11) is 3.92. The minimum absolute atomic E-state index is 0.0627. The van der Waals surface area contributed by atoms with Gasteiger partial charge in [0.2, 0.25) is 0 Å². The fraction of sp³-hybridized carbons (Fsp3) is 0.316. The molecule has 0 fully saturated rings. The van der Waals surface area contributed by atoms with Gasteiger partial charge in [-0.25, -0.2) is 4.79 Å². The highest BCUT2D eigenvalue weighted by molar-refractivity contribution is 5.73. The number of urea groups is 1. The predicted molar refractivity (Wildman–Crippen MR) is 96.2 cm³/mol. The largest absolute Gasteiger partial charge is 0.435 e. The first-order chi connectivity index (χ1) is 12.5. The molecule has 0 heterocycles. The van der Waals surface area contributed by atoms with Crippen molar-refractivity contribution in [3.63, 3.8) is 0 Å². The summed E-state index contributed by atoms with van der Waals surface area (Å²) >= 11 is 0. The number of hydrogen-bond acceptors (Lipinski definition) is 3. The molecule has 0 saturated carbocycles. The number of ether oxygens (including phenoxy) is 1. The van der Waals surface area contributed by atoms with Crippen molar-refractivity contribution in [2.24, 2.45) is 0 Å². The number of nitrogens with zero attached hydrogens (tertiary/aromatic N) is 1. The number of carbonyl (C=O) groups excluding carboxylic acids is 1. The quantitative estimate of drug-likeness (QED) is 0.756. The Morgan fingerprint density at radius 1 is 1.04 bits per heavy atom. The van der Waals surface area contributed by atoms with Crippen LogP contribution in [0.5, 0.6) is 5.75 Å². The summed E-state index contributed by atoms with van der Waals surface area (Å²) in [6.45, 7) is -2.10. The third kappa shape index (κ3) is 6.33. The molecule has 1 atom stereocenters. The average molecular weight is 363 g/mol. The first-order valence-electron chi connectivity index (χ1n) is 8.22. The lowest BCUT2D eigenvalue weighted by Crippen LogP contribution is -2.40. The maximum atomic E-state index is 12.1. The van der Waals surface area contributed by atoms with Crippen LogP contribution in [0.4, 0.5) is 13.6 Å². The molecule has 0 saturated heterocycles. The normalized spacial score (nSPS) is 12.1. The van der Waals surface area contributed by atoms with Gasteiger partial charge in [-0.2, -0.15) is 8.78 Å². The number of carbonyl (C=O) groups is 1. The molecule has 2 rings (SSSR count). The summed E-state index contributed by atoms with van der Waals surface area (Å²) in [5, 5.41) is 5.60. The smallest absolute Gasteiger partial charge is 0.387 e. The third-order valence-electron chi connectivity index (χ3n) is 3.87. The summed E-state index contributed by atoms with van der Waals surface area (Å²) in [5.74, 6) is 0.0879. The second-order valence-electron chi connectivity index (χ2n) is 5.98. The molecule has 140 valence electrons. The van der Waals surface area contributed by atoms with Gasteiger partial charge >= 0.3 is 12.6 Å². The summed E-state index contributed by atoms with van der Waals surface area (Å²) in [6.07, 6.45) is 0. The SMILES string of the molecule is CN(C)C(CNC(=O)NCc1ccc(OC(F)F)cc1)c1ccccc1. The van der Waals surface area contributed by atoms with Gasteiger partial charge in [-0.15, -0.1) is 0 Å². The van der Waals surface area contributed by atoms with Gasteiger partial charge < -0.3 is 20.3 Å². The molecule has 0 aromatic heterocycles. The fourth-order valence-electron chi connectivity index (χ4n) is 2.50. The van der Waals surface area contributed by atoms with Gasteiger partial charge in [-0.05, 0) is 37.4 Å². The van der Waals surface area contributed by atoms with Crippen molar-refractivity contribution >= 4 is 6.03 Å². The van der Waals surface area contributed by atoms with Crippen LogP contribution in [0.1, 0.15) is 17.2 Å². The molecule has 0 radical (unpaired) electrons. The van der Waals surface area contributed by atoms with Crippen molar-refractivity contribution in [2.45, 2.75) is 19.2 Å². The van der Waals surface area contributed by atoms with Crippen LogP contribution < -0.4 is 15.4 Å². The minimum Gasteiger partial charge on any atom is -0.435 e. The maximum absolute atomic E-state index is 12.1. The summed E-state index contributed by atoms with van der Waals surface area (Å²) in [6, 6.07) is 15.8.